The number of nitrogens with one attached hydrogen (secondary N) is 1. The molecule has 0 aliphatic rings. The lowest BCUT2D eigenvalue weighted by Gasteiger charge is -2.08. The molecule has 0 saturated heterocycles. The minimum atomic E-state index is 0.692. The van der Waals surface area contributed by atoms with Crippen molar-refractivity contribution in [1.82, 2.24) is 5.32 Å². The first-order valence-corrected chi connectivity index (χ1v) is 8.02. The lowest BCUT2D eigenvalue weighted by Crippen LogP contribution is -2.05. The Morgan fingerprint density at radius 3 is 2.63 bits per heavy atom. The van der Waals surface area contributed by atoms with Crippen LogP contribution in [0.2, 0.25) is 10.0 Å². The van der Waals surface area contributed by atoms with Crippen LogP contribution >= 0.6 is 50.9 Å². The topological polar surface area (TPSA) is 12.0 Å². The summed E-state index contributed by atoms with van der Waals surface area (Å²) >= 11 is 17.3. The van der Waals surface area contributed by atoms with E-state index in [0.717, 1.165) is 20.8 Å². The van der Waals surface area contributed by atoms with E-state index < -0.39 is 0 Å². The van der Waals surface area contributed by atoms with Gasteiger partial charge in [0.2, 0.25) is 0 Å². The molecule has 0 spiro atoms. The molecule has 0 aliphatic carbocycles. The van der Waals surface area contributed by atoms with Crippen molar-refractivity contribution in [3.63, 3.8) is 0 Å². The van der Waals surface area contributed by atoms with Gasteiger partial charge in [0, 0.05) is 25.8 Å². The van der Waals surface area contributed by atoms with Crippen LogP contribution in [0.25, 0.3) is 0 Å². The van der Waals surface area contributed by atoms with Gasteiger partial charge in [0.25, 0.3) is 0 Å². The quantitative estimate of drug-likeness (QED) is 0.742. The molecule has 0 heterocycles. The molecule has 19 heavy (non-hydrogen) atoms. The Morgan fingerprint density at radius 2 is 1.95 bits per heavy atom. The third kappa shape index (κ3) is 4.14. The highest BCUT2D eigenvalue weighted by Crippen LogP contribution is 2.36. The third-order valence-electron chi connectivity index (χ3n) is 2.51. The predicted molar refractivity (Wildman–Crippen MR) is 87.5 cm³/mol. The second-order valence-electron chi connectivity index (χ2n) is 3.96. The van der Waals surface area contributed by atoms with E-state index in [1.807, 2.05) is 19.2 Å². The van der Waals surface area contributed by atoms with Gasteiger partial charge in [-0.2, -0.15) is 0 Å². The first kappa shape index (κ1) is 15.2. The fourth-order valence-electron chi connectivity index (χ4n) is 1.61. The summed E-state index contributed by atoms with van der Waals surface area (Å²) in [6, 6.07) is 11.8. The van der Waals surface area contributed by atoms with Crippen molar-refractivity contribution in [2.45, 2.75) is 16.3 Å². The molecule has 2 rings (SSSR count). The molecule has 1 N–H and O–H groups in total. The SMILES string of the molecule is CNCc1ccc(Sc2cc(Cl)ccc2Cl)cc1Br. The molecule has 1 nitrogen and oxygen atoms in total. The number of hydrogen-bond donors (Lipinski definition) is 1. The van der Waals surface area contributed by atoms with Gasteiger partial charge >= 0.3 is 0 Å². The summed E-state index contributed by atoms with van der Waals surface area (Å²) in [6.45, 7) is 0.837. The highest BCUT2D eigenvalue weighted by molar-refractivity contribution is 9.10. The summed E-state index contributed by atoms with van der Waals surface area (Å²) in [6.07, 6.45) is 0. The highest BCUT2D eigenvalue weighted by atomic mass is 79.9. The van der Waals surface area contributed by atoms with E-state index in [0.29, 0.717) is 10.0 Å². The van der Waals surface area contributed by atoms with Gasteiger partial charge in [-0.05, 0) is 42.9 Å². The summed E-state index contributed by atoms with van der Waals surface area (Å²) in [5, 5.41) is 4.54. The van der Waals surface area contributed by atoms with Crippen LogP contribution in [-0.4, -0.2) is 7.05 Å². The monoisotopic (exact) mass is 375 g/mol. The Morgan fingerprint density at radius 1 is 1.16 bits per heavy atom. The molecule has 0 aromatic heterocycles. The minimum Gasteiger partial charge on any atom is -0.316 e. The Bertz CT molecular complexity index is 590. The molecule has 2 aromatic rings. The van der Waals surface area contributed by atoms with Crippen molar-refractivity contribution in [2.75, 3.05) is 7.05 Å². The molecule has 0 unspecified atom stereocenters. The predicted octanol–water partition coefficient (Wildman–Crippen LogP) is 5.63. The van der Waals surface area contributed by atoms with E-state index in [1.54, 1.807) is 17.8 Å². The molecule has 2 aromatic carbocycles. The van der Waals surface area contributed by atoms with Gasteiger partial charge in [-0.3, -0.25) is 0 Å². The number of hydrogen-bond acceptors (Lipinski definition) is 2. The maximum atomic E-state index is 6.17. The molecule has 0 radical (unpaired) electrons. The molecular weight excluding hydrogens is 365 g/mol. The number of rotatable bonds is 4. The zero-order valence-electron chi connectivity index (χ0n) is 10.2. The van der Waals surface area contributed by atoms with Crippen molar-refractivity contribution in [3.05, 3.63) is 56.5 Å². The zero-order chi connectivity index (χ0) is 13.8. The molecular formula is C14H12BrCl2NS. The second kappa shape index (κ2) is 7.00. The van der Waals surface area contributed by atoms with Crippen LogP contribution in [0.1, 0.15) is 5.56 Å². The Hall–Kier alpha value is -0.190. The van der Waals surface area contributed by atoms with Crippen molar-refractivity contribution >= 4 is 50.9 Å². The van der Waals surface area contributed by atoms with E-state index in [-0.39, 0.29) is 0 Å². The Labute approximate surface area is 135 Å². The summed E-state index contributed by atoms with van der Waals surface area (Å²) in [5.74, 6) is 0. The van der Waals surface area contributed by atoms with Crippen LogP contribution in [0.15, 0.2) is 50.7 Å². The summed E-state index contributed by atoms with van der Waals surface area (Å²) in [5.41, 5.74) is 1.23. The Balaban J connectivity index is 2.24. The lowest BCUT2D eigenvalue weighted by atomic mass is 10.2. The van der Waals surface area contributed by atoms with Crippen LogP contribution in [-0.2, 0) is 6.54 Å². The molecule has 0 aliphatic heterocycles. The summed E-state index contributed by atoms with van der Waals surface area (Å²) in [7, 11) is 1.93. The highest BCUT2D eigenvalue weighted by Gasteiger charge is 2.06. The summed E-state index contributed by atoms with van der Waals surface area (Å²) < 4.78 is 1.09. The fraction of sp³-hybridized carbons (Fsp3) is 0.143. The van der Waals surface area contributed by atoms with Gasteiger partial charge in [-0.1, -0.05) is 57.0 Å². The zero-order valence-corrected chi connectivity index (χ0v) is 14.1. The fourth-order valence-corrected chi connectivity index (χ4v) is 3.67. The smallest absolute Gasteiger partial charge is 0.0546 e. The van der Waals surface area contributed by atoms with Crippen LogP contribution in [0.4, 0.5) is 0 Å². The number of benzene rings is 2. The van der Waals surface area contributed by atoms with Crippen molar-refractivity contribution in [1.29, 1.82) is 0 Å². The molecule has 5 heteroatoms. The standard InChI is InChI=1S/C14H12BrCl2NS/c1-18-8-9-2-4-11(7-12(9)15)19-14-6-10(16)3-5-13(14)17/h2-7,18H,8H2,1H3. The van der Waals surface area contributed by atoms with Gasteiger partial charge < -0.3 is 5.32 Å². The van der Waals surface area contributed by atoms with E-state index >= 15 is 0 Å². The largest absolute Gasteiger partial charge is 0.316 e. The first-order chi connectivity index (χ1) is 9.10. The van der Waals surface area contributed by atoms with Crippen molar-refractivity contribution in [3.8, 4) is 0 Å². The molecule has 0 bridgehead atoms. The van der Waals surface area contributed by atoms with Crippen LogP contribution in [0.5, 0.6) is 0 Å². The average molecular weight is 377 g/mol. The van der Waals surface area contributed by atoms with Crippen LogP contribution in [0, 0.1) is 0 Å². The first-order valence-electron chi connectivity index (χ1n) is 5.66. The second-order valence-corrected chi connectivity index (χ2v) is 6.77. The molecule has 0 fully saturated rings. The van der Waals surface area contributed by atoms with Gasteiger partial charge in [-0.25, -0.2) is 0 Å². The van der Waals surface area contributed by atoms with Crippen LogP contribution < -0.4 is 5.32 Å². The third-order valence-corrected chi connectivity index (χ3v) is 4.98. The maximum Gasteiger partial charge on any atom is 0.0546 e. The van der Waals surface area contributed by atoms with Crippen molar-refractivity contribution in [2.24, 2.45) is 0 Å². The average Bonchev–Trinajstić information content (AvgIpc) is 2.37. The maximum absolute atomic E-state index is 6.17. The minimum absolute atomic E-state index is 0.692. The van der Waals surface area contributed by atoms with E-state index in [1.165, 1.54) is 5.56 Å². The van der Waals surface area contributed by atoms with Crippen molar-refractivity contribution < 1.29 is 0 Å². The van der Waals surface area contributed by atoms with Gasteiger partial charge in [-0.15, -0.1) is 0 Å². The lowest BCUT2D eigenvalue weighted by molar-refractivity contribution is 0.813. The summed E-state index contributed by atoms with van der Waals surface area (Å²) in [4.78, 5) is 2.08. The van der Waals surface area contributed by atoms with E-state index in [4.69, 9.17) is 23.2 Å². The molecule has 0 atom stereocenters. The molecule has 0 saturated carbocycles. The van der Waals surface area contributed by atoms with E-state index in [2.05, 4.69) is 39.4 Å². The normalized spacial score (nSPS) is 10.7. The molecule has 0 amide bonds. The van der Waals surface area contributed by atoms with E-state index in [9.17, 15) is 0 Å². The van der Waals surface area contributed by atoms with Gasteiger partial charge in [0.1, 0.15) is 0 Å². The van der Waals surface area contributed by atoms with Gasteiger partial charge in [0.05, 0.1) is 5.02 Å². The van der Waals surface area contributed by atoms with Crippen LogP contribution in [0.3, 0.4) is 0 Å². The molecule has 100 valence electrons. The Kier molecular flexibility index (Phi) is 5.60. The number of halogens is 3. The van der Waals surface area contributed by atoms with Gasteiger partial charge in [0.15, 0.2) is 0 Å².